The normalized spacial score (nSPS) is 12.2. The highest BCUT2D eigenvalue weighted by molar-refractivity contribution is 6.20. The second-order valence-electron chi connectivity index (χ2n) is 3.94. The Morgan fingerprint density at radius 1 is 1.56 bits per heavy atom. The van der Waals surface area contributed by atoms with E-state index in [4.69, 9.17) is 11.6 Å². The molecule has 0 saturated heterocycles. The van der Waals surface area contributed by atoms with Crippen LogP contribution in [0.25, 0.3) is 0 Å². The Kier molecular flexibility index (Phi) is 4.19. The molecule has 1 amide bonds. The second kappa shape index (κ2) is 5.21. The predicted octanol–water partition coefficient (Wildman–Crippen LogP) is 2.40. The molecular formula is C12H16ClNO2. The first-order chi connectivity index (χ1) is 7.43. The number of amides is 1. The molecule has 0 aromatic heterocycles. The number of phenols is 1. The fourth-order valence-electron chi connectivity index (χ4n) is 1.50. The molecule has 0 radical (unpaired) electrons. The second-order valence-corrected chi connectivity index (χ2v) is 4.68. The van der Waals surface area contributed by atoms with Crippen molar-refractivity contribution in [2.75, 3.05) is 13.6 Å². The summed E-state index contributed by atoms with van der Waals surface area (Å²) in [7, 11) is 1.67. The van der Waals surface area contributed by atoms with E-state index in [1.165, 1.54) is 4.90 Å². The number of carbonyl (C=O) groups excluding carboxylic acids is 1. The molecule has 0 heterocycles. The number of hydrogen-bond acceptors (Lipinski definition) is 2. The molecule has 0 fully saturated rings. The minimum Gasteiger partial charge on any atom is -0.507 e. The van der Waals surface area contributed by atoms with Gasteiger partial charge in [-0.1, -0.05) is 12.1 Å². The van der Waals surface area contributed by atoms with E-state index >= 15 is 0 Å². The molecule has 1 unspecified atom stereocenters. The molecule has 3 nitrogen and oxygen atoms in total. The van der Waals surface area contributed by atoms with Crippen molar-refractivity contribution < 1.29 is 9.90 Å². The van der Waals surface area contributed by atoms with Crippen LogP contribution in [0.2, 0.25) is 0 Å². The summed E-state index contributed by atoms with van der Waals surface area (Å²) in [6.45, 7) is 4.03. The van der Waals surface area contributed by atoms with Crippen LogP contribution in [0.1, 0.15) is 22.8 Å². The van der Waals surface area contributed by atoms with Gasteiger partial charge in [0.2, 0.25) is 0 Å². The average Bonchev–Trinajstić information content (AvgIpc) is 2.20. The zero-order valence-electron chi connectivity index (χ0n) is 9.70. The van der Waals surface area contributed by atoms with Crippen LogP contribution in [0.4, 0.5) is 0 Å². The average molecular weight is 242 g/mol. The Balaban J connectivity index is 2.92. The summed E-state index contributed by atoms with van der Waals surface area (Å²) in [5, 5.41) is 9.66. The van der Waals surface area contributed by atoms with Gasteiger partial charge in [0.1, 0.15) is 5.75 Å². The number of nitrogens with zero attached hydrogens (tertiary/aromatic N) is 1. The van der Waals surface area contributed by atoms with Gasteiger partial charge in [-0.25, -0.2) is 0 Å². The van der Waals surface area contributed by atoms with Gasteiger partial charge in [0, 0.05) is 19.0 Å². The first kappa shape index (κ1) is 12.8. The number of aryl methyl sites for hydroxylation is 1. The molecule has 0 bridgehead atoms. The van der Waals surface area contributed by atoms with E-state index in [0.717, 1.165) is 0 Å². The maximum atomic E-state index is 12.0. The molecule has 1 aromatic rings. The van der Waals surface area contributed by atoms with Gasteiger partial charge < -0.3 is 10.0 Å². The number of phenolic OH excluding ortho intramolecular Hbond substituents is 1. The minimum absolute atomic E-state index is 0.0431. The van der Waals surface area contributed by atoms with Crippen LogP contribution in [-0.4, -0.2) is 34.9 Å². The van der Waals surface area contributed by atoms with Crippen molar-refractivity contribution in [3.63, 3.8) is 0 Å². The summed E-state index contributed by atoms with van der Waals surface area (Å²) < 4.78 is 0. The van der Waals surface area contributed by atoms with Crippen molar-refractivity contribution >= 4 is 17.5 Å². The third-order valence-electron chi connectivity index (χ3n) is 2.34. The highest BCUT2D eigenvalue weighted by Gasteiger charge is 2.17. The van der Waals surface area contributed by atoms with Crippen molar-refractivity contribution in [3.05, 3.63) is 29.3 Å². The van der Waals surface area contributed by atoms with E-state index in [0.29, 0.717) is 17.7 Å². The summed E-state index contributed by atoms with van der Waals surface area (Å²) in [6.07, 6.45) is 0. The molecule has 88 valence electrons. The maximum Gasteiger partial charge on any atom is 0.257 e. The molecule has 1 N–H and O–H groups in total. The highest BCUT2D eigenvalue weighted by Crippen LogP contribution is 2.22. The number of halogens is 1. The molecule has 0 aliphatic heterocycles. The Morgan fingerprint density at radius 2 is 2.19 bits per heavy atom. The molecule has 4 heteroatoms. The van der Waals surface area contributed by atoms with Gasteiger partial charge in [0.25, 0.3) is 5.91 Å². The van der Waals surface area contributed by atoms with Crippen molar-refractivity contribution in [2.24, 2.45) is 0 Å². The van der Waals surface area contributed by atoms with Crippen LogP contribution in [0, 0.1) is 6.92 Å². The van der Waals surface area contributed by atoms with Gasteiger partial charge in [-0.15, -0.1) is 11.6 Å². The number of hydrogen-bond donors (Lipinski definition) is 1. The lowest BCUT2D eigenvalue weighted by molar-refractivity contribution is 0.0793. The van der Waals surface area contributed by atoms with Crippen molar-refractivity contribution in [3.8, 4) is 5.75 Å². The van der Waals surface area contributed by atoms with E-state index in [-0.39, 0.29) is 17.0 Å². The van der Waals surface area contributed by atoms with Crippen LogP contribution in [0.15, 0.2) is 18.2 Å². The Bertz CT molecular complexity index is 391. The topological polar surface area (TPSA) is 40.5 Å². The quantitative estimate of drug-likeness (QED) is 0.826. The number of aromatic hydroxyl groups is 1. The predicted molar refractivity (Wildman–Crippen MR) is 65.1 cm³/mol. The summed E-state index contributed by atoms with van der Waals surface area (Å²) in [6, 6.07) is 5.12. The standard InChI is InChI=1S/C12H16ClNO2/c1-8-5-4-6-10(11(8)15)12(16)14(3)7-9(2)13/h4-6,9,15H,7H2,1-3H3. The van der Waals surface area contributed by atoms with Gasteiger partial charge in [-0.3, -0.25) is 4.79 Å². The molecule has 1 atom stereocenters. The lowest BCUT2D eigenvalue weighted by Gasteiger charge is -2.19. The number of alkyl halides is 1. The SMILES string of the molecule is Cc1cccc(C(=O)N(C)CC(C)Cl)c1O. The van der Waals surface area contributed by atoms with E-state index in [1.807, 2.05) is 6.92 Å². The van der Waals surface area contributed by atoms with Gasteiger partial charge in [-0.05, 0) is 25.5 Å². The fourth-order valence-corrected chi connectivity index (χ4v) is 1.70. The van der Waals surface area contributed by atoms with Crippen LogP contribution >= 0.6 is 11.6 Å². The Labute approximate surface area is 101 Å². The molecule has 0 saturated carbocycles. The summed E-state index contributed by atoms with van der Waals surface area (Å²) in [5.41, 5.74) is 1.01. The molecule has 16 heavy (non-hydrogen) atoms. The molecular weight excluding hydrogens is 226 g/mol. The zero-order valence-corrected chi connectivity index (χ0v) is 10.5. The zero-order chi connectivity index (χ0) is 12.3. The van der Waals surface area contributed by atoms with E-state index < -0.39 is 0 Å². The molecule has 0 spiro atoms. The molecule has 1 aromatic carbocycles. The number of rotatable bonds is 3. The van der Waals surface area contributed by atoms with Gasteiger partial charge in [0.15, 0.2) is 0 Å². The maximum absolute atomic E-state index is 12.0. The largest absolute Gasteiger partial charge is 0.507 e. The third kappa shape index (κ3) is 2.89. The monoisotopic (exact) mass is 241 g/mol. The van der Waals surface area contributed by atoms with Crippen LogP contribution < -0.4 is 0 Å². The molecule has 1 rings (SSSR count). The Hall–Kier alpha value is -1.22. The van der Waals surface area contributed by atoms with Crippen LogP contribution in [0.3, 0.4) is 0 Å². The Morgan fingerprint density at radius 3 is 2.75 bits per heavy atom. The van der Waals surface area contributed by atoms with Gasteiger partial charge >= 0.3 is 0 Å². The number of carbonyl (C=O) groups is 1. The highest BCUT2D eigenvalue weighted by atomic mass is 35.5. The van der Waals surface area contributed by atoms with Crippen molar-refractivity contribution in [1.82, 2.24) is 4.90 Å². The smallest absolute Gasteiger partial charge is 0.257 e. The lowest BCUT2D eigenvalue weighted by Crippen LogP contribution is -2.31. The minimum atomic E-state index is -0.214. The van der Waals surface area contributed by atoms with Crippen LogP contribution in [0.5, 0.6) is 5.75 Å². The lowest BCUT2D eigenvalue weighted by atomic mass is 10.1. The van der Waals surface area contributed by atoms with Crippen LogP contribution in [-0.2, 0) is 0 Å². The first-order valence-corrected chi connectivity index (χ1v) is 5.55. The first-order valence-electron chi connectivity index (χ1n) is 5.11. The van der Waals surface area contributed by atoms with E-state index in [1.54, 1.807) is 32.2 Å². The number of benzene rings is 1. The van der Waals surface area contributed by atoms with Gasteiger partial charge in [0.05, 0.1) is 5.56 Å². The third-order valence-corrected chi connectivity index (χ3v) is 2.48. The van der Waals surface area contributed by atoms with Crippen molar-refractivity contribution in [1.29, 1.82) is 0 Å². The summed E-state index contributed by atoms with van der Waals surface area (Å²) in [5.74, 6) is -0.171. The summed E-state index contributed by atoms with van der Waals surface area (Å²) in [4.78, 5) is 13.5. The van der Waals surface area contributed by atoms with Gasteiger partial charge in [-0.2, -0.15) is 0 Å². The summed E-state index contributed by atoms with van der Waals surface area (Å²) >= 11 is 5.82. The number of para-hydroxylation sites is 1. The molecule has 0 aliphatic carbocycles. The molecule has 0 aliphatic rings. The van der Waals surface area contributed by atoms with E-state index in [9.17, 15) is 9.90 Å². The fraction of sp³-hybridized carbons (Fsp3) is 0.417. The van der Waals surface area contributed by atoms with Crippen molar-refractivity contribution in [2.45, 2.75) is 19.2 Å². The van der Waals surface area contributed by atoms with E-state index in [2.05, 4.69) is 0 Å².